The van der Waals surface area contributed by atoms with E-state index in [0.717, 1.165) is 11.5 Å². The van der Waals surface area contributed by atoms with Crippen molar-refractivity contribution >= 4 is 11.8 Å². The Balaban J connectivity index is 0.000000375. The van der Waals surface area contributed by atoms with Gasteiger partial charge < -0.3 is 19.7 Å². The quantitative estimate of drug-likeness (QED) is 0.212. The number of phenols is 1. The summed E-state index contributed by atoms with van der Waals surface area (Å²) in [5.41, 5.74) is 6.32. The van der Waals surface area contributed by atoms with Gasteiger partial charge in [-0.1, -0.05) is 102 Å². The normalized spacial score (nSPS) is 10.9. The molecule has 4 nitrogen and oxygen atoms in total. The molecule has 2 N–H and O–H groups in total. The Labute approximate surface area is 277 Å². The van der Waals surface area contributed by atoms with E-state index in [-0.39, 0.29) is 16.9 Å². The fraction of sp³-hybridized carbons (Fsp3) is 0.400. The molecule has 246 valence electrons. The maximum atomic E-state index is 9.34. The van der Waals surface area contributed by atoms with Crippen molar-refractivity contribution in [3.63, 3.8) is 0 Å². The minimum Gasteiger partial charge on any atom is -0.508 e. The van der Waals surface area contributed by atoms with Gasteiger partial charge in [-0.2, -0.15) is 11.8 Å². The van der Waals surface area contributed by atoms with E-state index in [4.69, 9.17) is 14.6 Å². The van der Waals surface area contributed by atoms with Crippen molar-refractivity contribution in [2.24, 2.45) is 0 Å². The summed E-state index contributed by atoms with van der Waals surface area (Å²) in [6.07, 6.45) is 3.92. The second-order valence-corrected chi connectivity index (χ2v) is 13.3. The molecule has 45 heavy (non-hydrogen) atoms. The monoisotopic (exact) mass is 632 g/mol. The maximum Gasteiger partial charge on any atom is 0.118 e. The average molecular weight is 633 g/mol. The number of thioether (sulfide) groups is 1. The van der Waals surface area contributed by atoms with Crippen molar-refractivity contribution in [2.75, 3.05) is 26.7 Å². The minimum absolute atomic E-state index is 0.00177. The summed E-state index contributed by atoms with van der Waals surface area (Å²) >= 11 is 1.75. The van der Waals surface area contributed by atoms with Crippen LogP contribution >= 0.6 is 11.8 Å². The Morgan fingerprint density at radius 3 is 1.02 bits per heavy atom. The van der Waals surface area contributed by atoms with Gasteiger partial charge in [0.25, 0.3) is 0 Å². The Bertz CT molecular complexity index is 1340. The number of aromatic hydroxyl groups is 1. The zero-order valence-corrected chi connectivity index (χ0v) is 30.3. The van der Waals surface area contributed by atoms with E-state index in [1.807, 2.05) is 48.9 Å². The van der Waals surface area contributed by atoms with Gasteiger partial charge in [-0.25, -0.2) is 0 Å². The van der Waals surface area contributed by atoms with Crippen LogP contribution in [0.2, 0.25) is 0 Å². The highest BCUT2D eigenvalue weighted by Gasteiger charge is 2.24. The number of hydrogen-bond donors (Lipinski definition) is 2. The van der Waals surface area contributed by atoms with Crippen LogP contribution in [0, 0.1) is 0 Å². The van der Waals surface area contributed by atoms with Gasteiger partial charge in [-0.15, -0.1) is 0 Å². The van der Waals surface area contributed by atoms with Crippen LogP contribution < -0.4 is 9.47 Å². The minimum atomic E-state index is -0.167. The molecular weight excluding hydrogens is 577 g/mol. The van der Waals surface area contributed by atoms with Crippen LogP contribution in [0.5, 0.6) is 17.2 Å². The molecular formula is C40H56O4S. The van der Waals surface area contributed by atoms with Crippen LogP contribution in [0.4, 0.5) is 0 Å². The molecule has 5 heteroatoms. The number of hydrogen-bond acceptors (Lipinski definition) is 5. The first-order valence-corrected chi connectivity index (χ1v) is 17.0. The van der Waals surface area contributed by atoms with Gasteiger partial charge in [0.15, 0.2) is 0 Å². The second kappa shape index (κ2) is 19.2. The van der Waals surface area contributed by atoms with Crippen molar-refractivity contribution in [2.45, 2.75) is 78.2 Å². The lowest BCUT2D eigenvalue weighted by molar-refractivity contribution is 0.216. The number of methoxy groups -OCH3 is 2. The maximum absolute atomic E-state index is 9.34. The molecule has 0 heterocycles. The van der Waals surface area contributed by atoms with E-state index in [1.165, 1.54) is 27.8 Å². The molecule has 4 aromatic carbocycles. The zero-order valence-electron chi connectivity index (χ0n) is 29.5. The van der Waals surface area contributed by atoms with E-state index in [1.54, 1.807) is 52.0 Å². The SMILES string of the molecule is CC(C)O.COc1ccc(C(C)(C)c2ccc(C(C)C)cc2)cc1.COc1ccc(C(C)(C)c2ccc(O)cc2)cc1.CSC. The molecule has 0 atom stereocenters. The van der Waals surface area contributed by atoms with Crippen molar-refractivity contribution in [3.8, 4) is 17.2 Å². The first-order chi connectivity index (χ1) is 21.1. The van der Waals surface area contributed by atoms with E-state index < -0.39 is 0 Å². The first kappa shape index (κ1) is 39.6. The summed E-state index contributed by atoms with van der Waals surface area (Å²) in [7, 11) is 3.37. The lowest BCUT2D eigenvalue weighted by Crippen LogP contribution is -2.18. The van der Waals surface area contributed by atoms with E-state index in [2.05, 4.69) is 90.1 Å². The van der Waals surface area contributed by atoms with Crippen molar-refractivity contribution in [3.05, 3.63) is 125 Å². The first-order valence-electron chi connectivity index (χ1n) is 15.4. The van der Waals surface area contributed by atoms with Gasteiger partial charge in [0.2, 0.25) is 0 Å². The van der Waals surface area contributed by atoms with Crippen LogP contribution in [-0.4, -0.2) is 43.0 Å². The van der Waals surface area contributed by atoms with Gasteiger partial charge in [-0.05, 0) is 96.5 Å². The van der Waals surface area contributed by atoms with Gasteiger partial charge in [0.1, 0.15) is 17.2 Å². The summed E-state index contributed by atoms with van der Waals surface area (Å²) in [6.45, 7) is 16.8. The smallest absolute Gasteiger partial charge is 0.118 e. The van der Waals surface area contributed by atoms with Gasteiger partial charge >= 0.3 is 0 Å². The zero-order chi connectivity index (χ0) is 34.2. The summed E-state index contributed by atoms with van der Waals surface area (Å²) in [4.78, 5) is 0. The third-order valence-electron chi connectivity index (χ3n) is 7.51. The molecule has 0 aliphatic heterocycles. The topological polar surface area (TPSA) is 58.9 Å². The molecule has 0 radical (unpaired) electrons. The molecule has 0 saturated carbocycles. The Hall–Kier alpha value is -3.41. The highest BCUT2D eigenvalue weighted by molar-refractivity contribution is 7.97. The number of aliphatic hydroxyl groups is 1. The van der Waals surface area contributed by atoms with Crippen LogP contribution in [0.3, 0.4) is 0 Å². The molecule has 0 fully saturated rings. The second-order valence-electron chi connectivity index (χ2n) is 12.5. The molecule has 0 amide bonds. The largest absolute Gasteiger partial charge is 0.508 e. The molecule has 0 unspecified atom stereocenters. The average Bonchev–Trinajstić information content (AvgIpc) is 3.02. The lowest BCUT2D eigenvalue weighted by Gasteiger charge is -2.26. The summed E-state index contributed by atoms with van der Waals surface area (Å²) in [6, 6.07) is 32.8. The van der Waals surface area contributed by atoms with Crippen molar-refractivity contribution in [1.29, 1.82) is 0 Å². The highest BCUT2D eigenvalue weighted by Crippen LogP contribution is 2.34. The van der Waals surface area contributed by atoms with Crippen molar-refractivity contribution < 1.29 is 19.7 Å². The molecule has 0 aliphatic rings. The fourth-order valence-electron chi connectivity index (χ4n) is 4.51. The van der Waals surface area contributed by atoms with Gasteiger partial charge in [0, 0.05) is 16.9 Å². The van der Waals surface area contributed by atoms with E-state index in [9.17, 15) is 5.11 Å². The predicted molar refractivity (Wildman–Crippen MR) is 196 cm³/mol. The van der Waals surface area contributed by atoms with Crippen LogP contribution in [0.1, 0.15) is 89.1 Å². The highest BCUT2D eigenvalue weighted by atomic mass is 32.2. The molecule has 0 bridgehead atoms. The fourth-order valence-corrected chi connectivity index (χ4v) is 4.51. The Kier molecular flexibility index (Phi) is 16.9. The van der Waals surface area contributed by atoms with Crippen LogP contribution in [-0.2, 0) is 10.8 Å². The summed E-state index contributed by atoms with van der Waals surface area (Å²) in [5.74, 6) is 2.64. The number of phenolic OH excluding ortho intramolecular Hbond substituents is 1. The van der Waals surface area contributed by atoms with Crippen LogP contribution in [0.15, 0.2) is 97.1 Å². The number of aliphatic hydroxyl groups excluding tert-OH is 1. The predicted octanol–water partition coefficient (Wildman–Crippen LogP) is 10.2. The molecule has 4 rings (SSSR count). The van der Waals surface area contributed by atoms with Gasteiger partial charge in [0.05, 0.1) is 14.2 Å². The van der Waals surface area contributed by atoms with E-state index in [0.29, 0.717) is 11.7 Å². The Morgan fingerprint density at radius 2 is 0.778 bits per heavy atom. The third kappa shape index (κ3) is 12.8. The van der Waals surface area contributed by atoms with E-state index >= 15 is 0 Å². The molecule has 4 aromatic rings. The number of rotatable bonds is 7. The summed E-state index contributed by atoms with van der Waals surface area (Å²) in [5, 5.41) is 17.4. The molecule has 0 saturated heterocycles. The number of ether oxygens (including phenoxy) is 2. The van der Waals surface area contributed by atoms with Gasteiger partial charge in [-0.3, -0.25) is 0 Å². The summed E-state index contributed by atoms with van der Waals surface area (Å²) < 4.78 is 10.4. The van der Waals surface area contributed by atoms with Crippen molar-refractivity contribution in [1.82, 2.24) is 0 Å². The molecule has 0 aliphatic carbocycles. The van der Waals surface area contributed by atoms with Crippen LogP contribution in [0.25, 0.3) is 0 Å². The number of benzene rings is 4. The third-order valence-corrected chi connectivity index (χ3v) is 7.51. The lowest BCUT2D eigenvalue weighted by atomic mass is 9.77. The molecule has 0 aromatic heterocycles. The standard InChI is InChI=1S/C19H24O.C16H18O2.C3H8O.C2H6S/c1-14(2)15-6-8-16(9-7-15)19(3,4)17-10-12-18(20-5)13-11-17;1-16(2,12-4-8-14(17)9-5-12)13-6-10-15(18-3)11-7-13;1-3(2)4;1-3-2/h6-14H,1-5H3;4-11,17H,1-3H3;3-4H,1-2H3;1-2H3. The molecule has 0 spiro atoms. The Morgan fingerprint density at radius 1 is 0.533 bits per heavy atom.